The molecule has 128 valence electrons. The van der Waals surface area contributed by atoms with Gasteiger partial charge in [0.05, 0.1) is 11.0 Å². The maximum Gasteiger partial charge on any atom is 0.293 e. The lowest BCUT2D eigenvalue weighted by molar-refractivity contribution is -0.127. The first-order valence-corrected chi connectivity index (χ1v) is 8.31. The number of pyridine rings is 1. The molecule has 0 aliphatic rings. The molecule has 1 heterocycles. The molecule has 0 saturated carbocycles. The molecule has 0 fully saturated rings. The fourth-order valence-corrected chi connectivity index (χ4v) is 3.05. The van der Waals surface area contributed by atoms with Gasteiger partial charge in [-0.05, 0) is 30.5 Å². The molecule has 0 aliphatic carbocycles. The Morgan fingerprint density at radius 3 is 2.32 bits per heavy atom. The lowest BCUT2D eigenvalue weighted by Crippen LogP contribution is -2.30. The first-order valence-electron chi connectivity index (χ1n) is 8.31. The third kappa shape index (κ3) is 3.76. The monoisotopic (exact) mass is 335 g/mol. The predicted octanol–water partition coefficient (Wildman–Crippen LogP) is 3.40. The van der Waals surface area contributed by atoms with Crippen molar-refractivity contribution in [2.45, 2.75) is 12.8 Å². The summed E-state index contributed by atoms with van der Waals surface area (Å²) in [6, 6.07) is 16.4. The number of benzene rings is 2. The highest BCUT2D eigenvalue weighted by Gasteiger charge is 2.10. The predicted molar refractivity (Wildman–Crippen MR) is 99.9 cm³/mol. The highest BCUT2D eigenvalue weighted by molar-refractivity contribution is 5.97. The second kappa shape index (κ2) is 7.75. The molecule has 0 bridgehead atoms. The summed E-state index contributed by atoms with van der Waals surface area (Å²) in [6.07, 6.45) is 1.80. The number of hydrogen-bond donors (Lipinski definition) is 1. The summed E-state index contributed by atoms with van der Waals surface area (Å²) >= 11 is 0. The van der Waals surface area contributed by atoms with E-state index in [2.05, 4.69) is 16.9 Å². The Morgan fingerprint density at radius 2 is 1.72 bits per heavy atom. The Hall–Kier alpha value is -2.95. The van der Waals surface area contributed by atoms with Gasteiger partial charge in [0.25, 0.3) is 6.47 Å². The molecule has 3 rings (SSSR count). The second-order valence-electron chi connectivity index (χ2n) is 6.00. The standard InChI is InChI=1S/C20H21N3O2/c1-23(20(21)13-25-14-24)12-6-9-15-16-7-2-4-10-18(16)22-19-11-5-3-8-17(15)19/h2-5,7-8,10-11,14,21H,6,9,12-13H2,1H3. The van der Waals surface area contributed by atoms with Crippen LogP contribution in [-0.4, -0.2) is 42.4 Å². The van der Waals surface area contributed by atoms with E-state index in [9.17, 15) is 4.79 Å². The number of para-hydroxylation sites is 2. The van der Waals surface area contributed by atoms with Gasteiger partial charge >= 0.3 is 0 Å². The molecule has 5 heteroatoms. The van der Waals surface area contributed by atoms with Gasteiger partial charge in [0, 0.05) is 24.4 Å². The average Bonchev–Trinajstić information content (AvgIpc) is 2.65. The second-order valence-corrected chi connectivity index (χ2v) is 6.00. The van der Waals surface area contributed by atoms with Crippen molar-refractivity contribution in [3.63, 3.8) is 0 Å². The van der Waals surface area contributed by atoms with Gasteiger partial charge < -0.3 is 9.64 Å². The van der Waals surface area contributed by atoms with Gasteiger partial charge in [-0.1, -0.05) is 36.4 Å². The van der Waals surface area contributed by atoms with Crippen LogP contribution in [0.25, 0.3) is 21.8 Å². The smallest absolute Gasteiger partial charge is 0.293 e. The highest BCUT2D eigenvalue weighted by Crippen LogP contribution is 2.26. The number of carbonyl (C=O) groups is 1. The van der Waals surface area contributed by atoms with E-state index in [0.717, 1.165) is 30.4 Å². The normalized spacial score (nSPS) is 10.8. The molecular formula is C20H21N3O2. The number of amidine groups is 1. The number of nitrogens with one attached hydrogen (secondary N) is 1. The number of fused-ring (bicyclic) bond motifs is 2. The van der Waals surface area contributed by atoms with Crippen molar-refractivity contribution in [1.82, 2.24) is 9.88 Å². The molecule has 0 spiro atoms. The summed E-state index contributed by atoms with van der Waals surface area (Å²) < 4.78 is 4.64. The molecule has 0 saturated heterocycles. The van der Waals surface area contributed by atoms with Crippen LogP contribution in [0.2, 0.25) is 0 Å². The molecule has 1 aromatic heterocycles. The van der Waals surface area contributed by atoms with E-state index in [0.29, 0.717) is 12.3 Å². The van der Waals surface area contributed by atoms with Crippen LogP contribution in [0.3, 0.4) is 0 Å². The number of aromatic nitrogens is 1. The van der Waals surface area contributed by atoms with Crippen molar-refractivity contribution in [1.29, 1.82) is 5.41 Å². The number of rotatable bonds is 7. The molecule has 2 aromatic carbocycles. The van der Waals surface area contributed by atoms with Crippen molar-refractivity contribution >= 4 is 34.1 Å². The molecule has 3 aromatic rings. The SMILES string of the molecule is CN(CCCc1c2ccccc2nc2ccccc12)C(=N)COC=O. The van der Waals surface area contributed by atoms with Crippen molar-refractivity contribution < 1.29 is 9.53 Å². The third-order valence-electron chi connectivity index (χ3n) is 4.37. The van der Waals surface area contributed by atoms with Gasteiger partial charge in [0.2, 0.25) is 0 Å². The van der Waals surface area contributed by atoms with E-state index >= 15 is 0 Å². The fraction of sp³-hybridized carbons (Fsp3) is 0.250. The summed E-state index contributed by atoms with van der Waals surface area (Å²) in [5.74, 6) is 0.302. The first kappa shape index (κ1) is 16.9. The van der Waals surface area contributed by atoms with E-state index in [-0.39, 0.29) is 6.61 Å². The highest BCUT2D eigenvalue weighted by atomic mass is 16.5. The molecule has 0 unspecified atom stereocenters. The van der Waals surface area contributed by atoms with E-state index in [4.69, 9.17) is 10.4 Å². The molecule has 25 heavy (non-hydrogen) atoms. The van der Waals surface area contributed by atoms with Crippen LogP contribution < -0.4 is 0 Å². The summed E-state index contributed by atoms with van der Waals surface area (Å²) in [5.41, 5.74) is 3.32. The molecule has 5 nitrogen and oxygen atoms in total. The number of aryl methyl sites for hydroxylation is 1. The third-order valence-corrected chi connectivity index (χ3v) is 4.37. The zero-order valence-electron chi connectivity index (χ0n) is 14.2. The Bertz CT molecular complexity index is 854. The lowest BCUT2D eigenvalue weighted by Gasteiger charge is -2.19. The van der Waals surface area contributed by atoms with E-state index in [1.165, 1.54) is 16.3 Å². The van der Waals surface area contributed by atoms with Crippen molar-refractivity contribution in [3.8, 4) is 0 Å². The number of likely N-dealkylation sites (N-methyl/N-ethyl adjacent to an activating group) is 1. The van der Waals surface area contributed by atoms with Crippen LogP contribution in [0.4, 0.5) is 0 Å². The van der Waals surface area contributed by atoms with E-state index < -0.39 is 0 Å². The van der Waals surface area contributed by atoms with Gasteiger partial charge in [0.1, 0.15) is 12.4 Å². The molecule has 0 aliphatic heterocycles. The van der Waals surface area contributed by atoms with Crippen molar-refractivity contribution in [2.24, 2.45) is 0 Å². The number of hydrogen-bond acceptors (Lipinski definition) is 4. The number of ether oxygens (including phenoxy) is 1. The van der Waals surface area contributed by atoms with Gasteiger partial charge in [-0.25, -0.2) is 4.98 Å². The number of nitrogens with zero attached hydrogens (tertiary/aromatic N) is 2. The zero-order valence-corrected chi connectivity index (χ0v) is 14.2. The Kier molecular flexibility index (Phi) is 5.23. The summed E-state index contributed by atoms with van der Waals surface area (Å²) in [4.78, 5) is 16.8. The quantitative estimate of drug-likeness (QED) is 0.311. The summed E-state index contributed by atoms with van der Waals surface area (Å²) in [7, 11) is 1.85. The molecule has 1 N–H and O–H groups in total. The first-order chi connectivity index (χ1) is 12.2. The minimum absolute atomic E-state index is 0.0150. The molecule has 0 atom stereocenters. The fourth-order valence-electron chi connectivity index (χ4n) is 3.05. The van der Waals surface area contributed by atoms with Crippen LogP contribution in [0.1, 0.15) is 12.0 Å². The zero-order chi connectivity index (χ0) is 17.6. The van der Waals surface area contributed by atoms with Crippen LogP contribution >= 0.6 is 0 Å². The largest absolute Gasteiger partial charge is 0.460 e. The van der Waals surface area contributed by atoms with Gasteiger partial charge in [-0.2, -0.15) is 0 Å². The Morgan fingerprint density at radius 1 is 1.12 bits per heavy atom. The Labute approximate surface area is 146 Å². The molecule has 0 radical (unpaired) electrons. The minimum atomic E-state index is 0.0150. The maximum atomic E-state index is 10.2. The lowest BCUT2D eigenvalue weighted by atomic mass is 9.98. The van der Waals surface area contributed by atoms with Crippen LogP contribution in [0, 0.1) is 5.41 Å². The summed E-state index contributed by atoms with van der Waals surface area (Å²) in [6.45, 7) is 1.12. The van der Waals surface area contributed by atoms with E-state index in [1.807, 2.05) is 48.3 Å². The van der Waals surface area contributed by atoms with Crippen molar-refractivity contribution in [3.05, 3.63) is 54.1 Å². The van der Waals surface area contributed by atoms with Crippen LogP contribution in [0.5, 0.6) is 0 Å². The van der Waals surface area contributed by atoms with Crippen molar-refractivity contribution in [2.75, 3.05) is 20.2 Å². The van der Waals surface area contributed by atoms with Crippen LogP contribution in [-0.2, 0) is 16.0 Å². The average molecular weight is 335 g/mol. The summed E-state index contributed by atoms with van der Waals surface area (Å²) in [5, 5.41) is 10.2. The van der Waals surface area contributed by atoms with Gasteiger partial charge in [-0.15, -0.1) is 0 Å². The van der Waals surface area contributed by atoms with Gasteiger partial charge in [-0.3, -0.25) is 10.2 Å². The topological polar surface area (TPSA) is 66.3 Å². The molecule has 0 amide bonds. The number of carbonyl (C=O) groups excluding carboxylic acids is 1. The van der Waals surface area contributed by atoms with E-state index in [1.54, 1.807) is 0 Å². The minimum Gasteiger partial charge on any atom is -0.460 e. The van der Waals surface area contributed by atoms with Crippen LogP contribution in [0.15, 0.2) is 48.5 Å². The molecular weight excluding hydrogens is 314 g/mol. The Balaban J connectivity index is 1.80. The maximum absolute atomic E-state index is 10.2. The van der Waals surface area contributed by atoms with Gasteiger partial charge in [0.15, 0.2) is 0 Å².